The molecule has 4 amide bonds. The van der Waals surface area contributed by atoms with Crippen LogP contribution < -0.4 is 21.3 Å². The molecule has 0 aromatic rings. The predicted octanol–water partition coefficient (Wildman–Crippen LogP) is 3.50. The number of hydrogen-bond donors (Lipinski definition) is 4. The van der Waals surface area contributed by atoms with E-state index in [1.54, 1.807) is 27.9 Å². The molecule has 0 radical (unpaired) electrons. The Morgan fingerprint density at radius 3 is 1.47 bits per heavy atom. The first-order valence-electron chi connectivity index (χ1n) is 12.6. The summed E-state index contributed by atoms with van der Waals surface area (Å²) in [4.78, 5) is 44.5. The lowest BCUT2D eigenvalue weighted by Crippen LogP contribution is -2.46. The lowest BCUT2D eigenvalue weighted by atomic mass is 10.2. The SMILES string of the molecule is CCC(OC)C(=O)NC(C)C.CCOC(=O)NC(C)C(=O)NC(C)C.CCOC(C)C(=O)NC(C)C.[HH].[HH].[HH].[HH]. The van der Waals surface area contributed by atoms with Gasteiger partial charge in [-0.25, -0.2) is 4.79 Å². The third-order valence-electron chi connectivity index (χ3n) is 4.03. The molecule has 36 heavy (non-hydrogen) atoms. The van der Waals surface area contributed by atoms with Gasteiger partial charge in [0.1, 0.15) is 18.2 Å². The van der Waals surface area contributed by atoms with E-state index in [1.165, 1.54) is 0 Å². The van der Waals surface area contributed by atoms with Gasteiger partial charge in [-0.15, -0.1) is 0 Å². The van der Waals surface area contributed by atoms with Crippen LogP contribution in [0.4, 0.5) is 4.79 Å². The van der Waals surface area contributed by atoms with Gasteiger partial charge in [-0.1, -0.05) is 6.92 Å². The first-order valence-corrected chi connectivity index (χ1v) is 12.6. The number of rotatable bonds is 12. The van der Waals surface area contributed by atoms with E-state index in [2.05, 4.69) is 26.0 Å². The maximum absolute atomic E-state index is 11.3. The van der Waals surface area contributed by atoms with Crippen molar-refractivity contribution in [2.24, 2.45) is 0 Å². The van der Waals surface area contributed by atoms with E-state index in [-0.39, 0.29) is 53.8 Å². The van der Waals surface area contributed by atoms with Gasteiger partial charge < -0.3 is 35.5 Å². The van der Waals surface area contributed by atoms with E-state index in [4.69, 9.17) is 9.47 Å². The fourth-order valence-corrected chi connectivity index (χ4v) is 2.39. The summed E-state index contributed by atoms with van der Waals surface area (Å²) in [5.74, 6) is -0.278. The summed E-state index contributed by atoms with van der Waals surface area (Å²) in [5.41, 5.74) is 0. The molecule has 0 aromatic heterocycles. The zero-order chi connectivity index (χ0) is 28.8. The minimum absolute atomic E-state index is 0. The summed E-state index contributed by atoms with van der Waals surface area (Å²) in [6.45, 7) is 21.2. The highest BCUT2D eigenvalue weighted by atomic mass is 16.5. The molecule has 0 fully saturated rings. The molecule has 4 N–H and O–H groups in total. The molecule has 222 valence electrons. The second-order valence-corrected chi connectivity index (χ2v) is 8.81. The molecule has 3 atom stereocenters. The molecule has 0 rings (SSSR count). The summed E-state index contributed by atoms with van der Waals surface area (Å²) in [6.07, 6.45) is -0.478. The monoisotopic (exact) mass is 528 g/mol. The average molecular weight is 529 g/mol. The van der Waals surface area contributed by atoms with Crippen LogP contribution in [0.2, 0.25) is 0 Å². The smallest absolute Gasteiger partial charge is 0.407 e. The van der Waals surface area contributed by atoms with E-state index in [9.17, 15) is 19.2 Å². The lowest BCUT2D eigenvalue weighted by molar-refractivity contribution is -0.132. The predicted molar refractivity (Wildman–Crippen MR) is 150 cm³/mol. The number of amides is 4. The van der Waals surface area contributed by atoms with Crippen molar-refractivity contribution in [2.45, 2.75) is 119 Å². The molecule has 11 heteroatoms. The summed E-state index contributed by atoms with van der Waals surface area (Å²) in [5, 5.41) is 10.6. The van der Waals surface area contributed by atoms with E-state index in [0.29, 0.717) is 13.2 Å². The van der Waals surface area contributed by atoms with Crippen LogP contribution in [0.5, 0.6) is 0 Å². The minimum Gasteiger partial charge on any atom is -0.450 e. The van der Waals surface area contributed by atoms with Crippen molar-refractivity contribution in [2.75, 3.05) is 20.3 Å². The zero-order valence-corrected chi connectivity index (χ0v) is 24.4. The Balaban J connectivity index is -0.0000000785. The van der Waals surface area contributed by atoms with Crippen LogP contribution >= 0.6 is 0 Å². The van der Waals surface area contributed by atoms with Gasteiger partial charge in [0.05, 0.1) is 6.61 Å². The maximum atomic E-state index is 11.3. The van der Waals surface area contributed by atoms with Crippen LogP contribution in [0.3, 0.4) is 0 Å². The molecule has 0 aliphatic rings. The number of nitrogens with one attached hydrogen (secondary N) is 4. The highest BCUT2D eigenvalue weighted by molar-refractivity contribution is 5.85. The van der Waals surface area contributed by atoms with Crippen molar-refractivity contribution in [1.82, 2.24) is 21.3 Å². The topological polar surface area (TPSA) is 144 Å². The molecule has 0 bridgehead atoms. The number of ether oxygens (including phenoxy) is 3. The number of methoxy groups -OCH3 is 1. The molecule has 0 aromatic carbocycles. The Kier molecular flexibility index (Phi) is 24.4. The molecule has 0 aliphatic carbocycles. The van der Waals surface area contributed by atoms with Crippen LogP contribution in [0, 0.1) is 0 Å². The van der Waals surface area contributed by atoms with E-state index in [1.807, 2.05) is 55.4 Å². The third kappa shape index (κ3) is 23.3. The number of carbonyl (C=O) groups is 4. The summed E-state index contributed by atoms with van der Waals surface area (Å²) in [7, 11) is 1.55. The Hall–Kier alpha value is -2.40. The van der Waals surface area contributed by atoms with Gasteiger partial charge in [-0.05, 0) is 75.7 Å². The summed E-state index contributed by atoms with van der Waals surface area (Å²) in [6, 6.07) is -0.137. The maximum Gasteiger partial charge on any atom is 0.407 e. The van der Waals surface area contributed by atoms with Crippen molar-refractivity contribution in [3.8, 4) is 0 Å². The van der Waals surface area contributed by atoms with E-state index in [0.717, 1.165) is 6.42 Å². The Morgan fingerprint density at radius 1 is 0.667 bits per heavy atom. The Bertz CT molecular complexity index is 628. The van der Waals surface area contributed by atoms with Crippen LogP contribution in [-0.4, -0.2) is 80.5 Å². The fraction of sp³-hybridized carbons (Fsp3) is 0.840. The zero-order valence-electron chi connectivity index (χ0n) is 24.4. The first kappa shape index (κ1) is 38.1. The number of hydrogen-bond acceptors (Lipinski definition) is 7. The fourth-order valence-electron chi connectivity index (χ4n) is 2.39. The highest BCUT2D eigenvalue weighted by Gasteiger charge is 2.16. The molecule has 3 unspecified atom stereocenters. The van der Waals surface area contributed by atoms with Gasteiger partial charge in [0, 0.05) is 37.5 Å². The molecule has 0 saturated heterocycles. The van der Waals surface area contributed by atoms with Gasteiger partial charge in [0.15, 0.2) is 0 Å². The minimum atomic E-state index is -0.573. The lowest BCUT2D eigenvalue weighted by Gasteiger charge is -2.15. The van der Waals surface area contributed by atoms with Gasteiger partial charge in [0.2, 0.25) is 17.7 Å². The van der Waals surface area contributed by atoms with E-state index >= 15 is 0 Å². The summed E-state index contributed by atoms with van der Waals surface area (Å²) >= 11 is 0. The third-order valence-corrected chi connectivity index (χ3v) is 4.03. The van der Waals surface area contributed by atoms with Crippen LogP contribution in [-0.2, 0) is 28.6 Å². The van der Waals surface area contributed by atoms with Crippen LogP contribution in [0.25, 0.3) is 0 Å². The molecule has 0 aliphatic heterocycles. The van der Waals surface area contributed by atoms with Crippen molar-refractivity contribution >= 4 is 23.8 Å². The molecule has 11 nitrogen and oxygen atoms in total. The van der Waals surface area contributed by atoms with Gasteiger partial charge >= 0.3 is 6.09 Å². The highest BCUT2D eigenvalue weighted by Crippen LogP contribution is 1.96. The van der Waals surface area contributed by atoms with Gasteiger partial charge in [-0.2, -0.15) is 0 Å². The van der Waals surface area contributed by atoms with Crippen molar-refractivity contribution in [3.05, 3.63) is 0 Å². The van der Waals surface area contributed by atoms with Gasteiger partial charge in [-0.3, -0.25) is 14.4 Å². The molecule has 0 spiro atoms. The Labute approximate surface area is 224 Å². The summed E-state index contributed by atoms with van der Waals surface area (Å²) < 4.78 is 14.7. The molecule has 0 saturated carbocycles. The Morgan fingerprint density at radius 2 is 1.11 bits per heavy atom. The van der Waals surface area contributed by atoms with Crippen LogP contribution in [0.1, 0.15) is 88.3 Å². The quantitative estimate of drug-likeness (QED) is 0.303. The van der Waals surface area contributed by atoms with Crippen LogP contribution in [0.15, 0.2) is 0 Å². The van der Waals surface area contributed by atoms with Gasteiger partial charge in [0.25, 0.3) is 0 Å². The first-order chi connectivity index (χ1) is 16.7. The average Bonchev–Trinajstić information content (AvgIpc) is 2.74. The van der Waals surface area contributed by atoms with Crippen molar-refractivity contribution in [1.29, 1.82) is 0 Å². The molecule has 0 heterocycles. The molecular formula is C25H60N4O7. The number of carbonyl (C=O) groups excluding carboxylic acids is 4. The largest absolute Gasteiger partial charge is 0.450 e. The van der Waals surface area contributed by atoms with Crippen molar-refractivity contribution < 1.29 is 39.1 Å². The van der Waals surface area contributed by atoms with E-state index < -0.39 is 12.1 Å². The second kappa shape index (κ2) is 23.0. The molecular weight excluding hydrogens is 468 g/mol. The standard InChI is InChI=1S/C9H18N2O3.2C8H17NO2.4H2/c1-5-14-9(13)11-7(4)8(12)10-6(2)3;1-5-7(11-4)8(10)9-6(2)3;1-5-11-7(4)8(10)9-6(2)3;;;;/h6-7H,5H2,1-4H3,(H,10,12)(H,11,13);2*6-7H,5H2,1-4H3,(H,9,10);4*1H. The normalized spacial score (nSPS) is 12.8. The second-order valence-electron chi connectivity index (χ2n) is 8.81. The van der Waals surface area contributed by atoms with Crippen molar-refractivity contribution in [3.63, 3.8) is 0 Å². The number of alkyl carbamates (subject to hydrolysis) is 1.